The van der Waals surface area contributed by atoms with Gasteiger partial charge in [-0.15, -0.1) is 29.3 Å². The van der Waals surface area contributed by atoms with Crippen molar-refractivity contribution in [2.24, 2.45) is 0 Å². The average molecular weight is 379 g/mol. The van der Waals surface area contributed by atoms with Crippen molar-refractivity contribution >= 4 is 55.7 Å². The molecule has 0 aliphatic heterocycles. The Hall–Kier alpha value is -1.97. The van der Waals surface area contributed by atoms with E-state index in [0.29, 0.717) is 27.0 Å². The minimum absolute atomic E-state index is 0.111. The van der Waals surface area contributed by atoms with Crippen molar-refractivity contribution in [3.05, 3.63) is 45.5 Å². The molecule has 0 spiro atoms. The number of rotatable bonds is 6. The number of fused-ring (bicyclic) bond motifs is 1. The van der Waals surface area contributed by atoms with Crippen LogP contribution in [0.15, 0.2) is 39.4 Å². The molecule has 124 valence electrons. The van der Waals surface area contributed by atoms with Gasteiger partial charge in [0.2, 0.25) is 5.91 Å². The highest BCUT2D eigenvalue weighted by molar-refractivity contribution is 7.99. The standard InChI is InChI=1S/C15H14N4O2S3/c1-3-5-19-13(21)10-4-6-22-12(10)18-15(19)24-8-11(20)17-14-16-9(2)7-23-14/h3-4,6-7H,1,5,8H2,2H3,(H,16,17,20). The van der Waals surface area contributed by atoms with Crippen LogP contribution in [-0.2, 0) is 11.3 Å². The van der Waals surface area contributed by atoms with E-state index in [0.717, 1.165) is 5.69 Å². The molecule has 0 atom stereocenters. The smallest absolute Gasteiger partial charge is 0.263 e. The van der Waals surface area contributed by atoms with E-state index in [9.17, 15) is 9.59 Å². The third-order valence-corrected chi connectivity index (χ3v) is 5.72. The number of hydrogen-bond donors (Lipinski definition) is 1. The van der Waals surface area contributed by atoms with Gasteiger partial charge in [-0.05, 0) is 18.4 Å². The van der Waals surface area contributed by atoms with Crippen LogP contribution in [0.1, 0.15) is 5.69 Å². The number of thioether (sulfide) groups is 1. The van der Waals surface area contributed by atoms with Crippen molar-refractivity contribution in [1.82, 2.24) is 14.5 Å². The molecule has 3 heterocycles. The van der Waals surface area contributed by atoms with Gasteiger partial charge in [0, 0.05) is 11.9 Å². The molecule has 0 saturated carbocycles. The van der Waals surface area contributed by atoms with Crippen molar-refractivity contribution in [3.8, 4) is 0 Å². The lowest BCUT2D eigenvalue weighted by Gasteiger charge is -2.09. The van der Waals surface area contributed by atoms with Crippen LogP contribution in [0, 0.1) is 6.92 Å². The monoisotopic (exact) mass is 378 g/mol. The fourth-order valence-corrected chi connectivity index (χ4v) is 4.35. The first kappa shape index (κ1) is 16.9. The number of thiazole rings is 1. The Morgan fingerprint density at radius 3 is 3.00 bits per heavy atom. The number of carbonyl (C=O) groups excluding carboxylic acids is 1. The Morgan fingerprint density at radius 1 is 1.46 bits per heavy atom. The summed E-state index contributed by atoms with van der Waals surface area (Å²) in [5.41, 5.74) is 0.757. The second kappa shape index (κ2) is 7.29. The Kier molecular flexibility index (Phi) is 5.12. The zero-order valence-electron chi connectivity index (χ0n) is 12.8. The lowest BCUT2D eigenvalue weighted by Crippen LogP contribution is -2.23. The number of nitrogens with zero attached hydrogens (tertiary/aromatic N) is 3. The van der Waals surface area contributed by atoms with Gasteiger partial charge in [-0.2, -0.15) is 0 Å². The molecule has 0 fully saturated rings. The molecule has 0 aliphatic carbocycles. The Labute approximate surface area is 150 Å². The number of amides is 1. The van der Waals surface area contributed by atoms with E-state index in [-0.39, 0.29) is 17.2 Å². The molecular weight excluding hydrogens is 364 g/mol. The van der Waals surface area contributed by atoms with Gasteiger partial charge in [-0.3, -0.25) is 14.2 Å². The van der Waals surface area contributed by atoms with Crippen LogP contribution in [0.2, 0.25) is 0 Å². The second-order valence-electron chi connectivity index (χ2n) is 4.87. The van der Waals surface area contributed by atoms with Crippen LogP contribution < -0.4 is 10.9 Å². The Morgan fingerprint density at radius 2 is 2.29 bits per heavy atom. The van der Waals surface area contributed by atoms with Crippen LogP contribution in [0.25, 0.3) is 10.2 Å². The largest absolute Gasteiger partial charge is 0.301 e. The number of carbonyl (C=O) groups is 1. The van der Waals surface area contributed by atoms with E-state index in [1.54, 1.807) is 12.1 Å². The third kappa shape index (κ3) is 3.58. The van der Waals surface area contributed by atoms with E-state index >= 15 is 0 Å². The first-order chi connectivity index (χ1) is 11.6. The SMILES string of the molecule is C=CCn1c(SCC(=O)Nc2nc(C)cs2)nc2sccc2c1=O. The van der Waals surface area contributed by atoms with Crippen LogP contribution in [0.3, 0.4) is 0 Å². The van der Waals surface area contributed by atoms with E-state index < -0.39 is 0 Å². The summed E-state index contributed by atoms with van der Waals surface area (Å²) in [6, 6.07) is 1.76. The molecule has 6 nitrogen and oxygen atoms in total. The topological polar surface area (TPSA) is 76.9 Å². The first-order valence-electron chi connectivity index (χ1n) is 7.02. The zero-order valence-corrected chi connectivity index (χ0v) is 15.3. The fourth-order valence-electron chi connectivity index (χ4n) is 2.03. The summed E-state index contributed by atoms with van der Waals surface area (Å²) in [5.74, 6) is -0.0287. The van der Waals surface area contributed by atoms with Crippen LogP contribution >= 0.6 is 34.4 Å². The summed E-state index contributed by atoms with van der Waals surface area (Å²) in [6.07, 6.45) is 1.64. The predicted molar refractivity (Wildman–Crippen MR) is 100 cm³/mol. The average Bonchev–Trinajstić information content (AvgIpc) is 3.17. The maximum absolute atomic E-state index is 12.5. The van der Waals surface area contributed by atoms with E-state index in [1.807, 2.05) is 17.7 Å². The highest BCUT2D eigenvalue weighted by Crippen LogP contribution is 2.22. The predicted octanol–water partition coefficient (Wildman–Crippen LogP) is 3.14. The molecule has 0 aliphatic rings. The summed E-state index contributed by atoms with van der Waals surface area (Å²) < 4.78 is 1.54. The van der Waals surface area contributed by atoms with E-state index in [1.165, 1.54) is 39.0 Å². The number of allylic oxidation sites excluding steroid dienone is 1. The molecule has 3 rings (SSSR count). The van der Waals surface area contributed by atoms with Gasteiger partial charge < -0.3 is 5.32 Å². The van der Waals surface area contributed by atoms with Gasteiger partial charge >= 0.3 is 0 Å². The molecule has 0 radical (unpaired) electrons. The van der Waals surface area contributed by atoms with Gasteiger partial charge in [0.25, 0.3) is 5.56 Å². The summed E-state index contributed by atoms with van der Waals surface area (Å²) in [5, 5.41) is 8.13. The molecule has 9 heteroatoms. The minimum atomic E-state index is -0.181. The molecule has 1 amide bonds. The number of aromatic nitrogens is 3. The van der Waals surface area contributed by atoms with Crippen molar-refractivity contribution in [1.29, 1.82) is 0 Å². The number of anilines is 1. The third-order valence-electron chi connectivity index (χ3n) is 3.06. The summed E-state index contributed by atoms with van der Waals surface area (Å²) >= 11 is 4.02. The number of hydrogen-bond acceptors (Lipinski definition) is 7. The molecule has 3 aromatic heterocycles. The maximum Gasteiger partial charge on any atom is 0.263 e. The number of thiophene rings is 1. The van der Waals surface area contributed by atoms with Crippen LogP contribution in [0.4, 0.5) is 5.13 Å². The summed E-state index contributed by atoms with van der Waals surface area (Å²) in [6.45, 7) is 5.90. The minimum Gasteiger partial charge on any atom is -0.301 e. The normalized spacial score (nSPS) is 10.9. The number of aryl methyl sites for hydroxylation is 1. The lowest BCUT2D eigenvalue weighted by molar-refractivity contribution is -0.113. The van der Waals surface area contributed by atoms with Gasteiger partial charge in [0.05, 0.1) is 16.8 Å². The van der Waals surface area contributed by atoms with Gasteiger partial charge in [0.15, 0.2) is 10.3 Å². The van der Waals surface area contributed by atoms with Crippen LogP contribution in [-0.4, -0.2) is 26.2 Å². The van der Waals surface area contributed by atoms with Gasteiger partial charge in [-0.25, -0.2) is 9.97 Å². The molecular formula is C15H14N4O2S3. The van der Waals surface area contributed by atoms with Crippen molar-refractivity contribution < 1.29 is 4.79 Å². The molecule has 3 aromatic rings. The van der Waals surface area contributed by atoms with E-state index in [4.69, 9.17) is 0 Å². The molecule has 0 saturated heterocycles. The highest BCUT2D eigenvalue weighted by Gasteiger charge is 2.14. The van der Waals surface area contributed by atoms with Gasteiger partial charge in [0.1, 0.15) is 4.83 Å². The highest BCUT2D eigenvalue weighted by atomic mass is 32.2. The maximum atomic E-state index is 12.5. The molecule has 0 unspecified atom stereocenters. The first-order valence-corrected chi connectivity index (χ1v) is 9.76. The van der Waals surface area contributed by atoms with Crippen molar-refractivity contribution in [2.75, 3.05) is 11.1 Å². The molecule has 1 N–H and O–H groups in total. The lowest BCUT2D eigenvalue weighted by atomic mass is 10.4. The summed E-state index contributed by atoms with van der Waals surface area (Å²) in [7, 11) is 0. The zero-order chi connectivity index (χ0) is 17.1. The van der Waals surface area contributed by atoms with Crippen molar-refractivity contribution in [3.63, 3.8) is 0 Å². The number of nitrogens with one attached hydrogen (secondary N) is 1. The quantitative estimate of drug-likeness (QED) is 0.405. The Balaban J connectivity index is 1.78. The van der Waals surface area contributed by atoms with Gasteiger partial charge in [-0.1, -0.05) is 17.8 Å². The molecule has 0 aromatic carbocycles. The Bertz CT molecular complexity index is 957. The molecule has 24 heavy (non-hydrogen) atoms. The summed E-state index contributed by atoms with van der Waals surface area (Å²) in [4.78, 5) is 33.9. The molecule has 0 bridgehead atoms. The second-order valence-corrected chi connectivity index (χ2v) is 7.56. The van der Waals surface area contributed by atoms with Crippen molar-refractivity contribution in [2.45, 2.75) is 18.6 Å². The van der Waals surface area contributed by atoms with E-state index in [2.05, 4.69) is 21.9 Å². The fraction of sp³-hybridized carbons (Fsp3) is 0.200. The van der Waals surface area contributed by atoms with Crippen LogP contribution in [0.5, 0.6) is 0 Å².